The molecular weight excluding hydrogens is 553 g/mol. The van der Waals surface area contributed by atoms with Crippen LogP contribution < -0.4 is 9.62 Å². The zero-order chi connectivity index (χ0) is 29.4. The van der Waals surface area contributed by atoms with Crippen LogP contribution in [0.3, 0.4) is 0 Å². The van der Waals surface area contributed by atoms with Crippen molar-refractivity contribution in [1.82, 2.24) is 10.2 Å². The van der Waals surface area contributed by atoms with Crippen LogP contribution in [0.2, 0.25) is 5.02 Å². The molecule has 214 valence electrons. The molecule has 3 aromatic carbocycles. The van der Waals surface area contributed by atoms with Crippen molar-refractivity contribution in [2.45, 2.75) is 52.2 Å². The first-order chi connectivity index (χ1) is 18.9. The summed E-state index contributed by atoms with van der Waals surface area (Å²) in [6, 6.07) is 18.7. The summed E-state index contributed by atoms with van der Waals surface area (Å²) in [5.74, 6) is -1.59. The molecule has 0 unspecified atom stereocenters. The van der Waals surface area contributed by atoms with Gasteiger partial charge in [-0.05, 0) is 55.7 Å². The van der Waals surface area contributed by atoms with Crippen molar-refractivity contribution < 1.29 is 22.4 Å². The first kappa shape index (κ1) is 31.1. The molecule has 0 aliphatic rings. The average molecular weight is 588 g/mol. The van der Waals surface area contributed by atoms with E-state index in [1.54, 1.807) is 31.2 Å². The quantitative estimate of drug-likeness (QED) is 0.319. The Bertz CT molecular complexity index is 1440. The summed E-state index contributed by atoms with van der Waals surface area (Å²) in [6.07, 6.45) is 1.83. The SMILES string of the molecule is CC[C@@H](C)NC(=O)[C@@H](Cc1ccccc1)N(Cc1ccccc1F)C(=O)CN(c1ccc(Cl)cc1C)S(C)(=O)=O. The Balaban J connectivity index is 2.09. The third-order valence-electron chi connectivity index (χ3n) is 6.68. The van der Waals surface area contributed by atoms with Gasteiger partial charge in [0.1, 0.15) is 18.4 Å². The predicted molar refractivity (Wildman–Crippen MR) is 157 cm³/mol. The number of amides is 2. The molecule has 2 amide bonds. The highest BCUT2D eigenvalue weighted by molar-refractivity contribution is 7.92. The summed E-state index contributed by atoms with van der Waals surface area (Å²) in [4.78, 5) is 29.0. The van der Waals surface area contributed by atoms with Crippen LogP contribution in [0.25, 0.3) is 0 Å². The molecule has 7 nitrogen and oxygen atoms in total. The highest BCUT2D eigenvalue weighted by Gasteiger charge is 2.34. The first-order valence-corrected chi connectivity index (χ1v) is 15.2. The Morgan fingerprint density at radius 3 is 2.27 bits per heavy atom. The van der Waals surface area contributed by atoms with Gasteiger partial charge in [0.05, 0.1) is 11.9 Å². The normalized spacial score (nSPS) is 12.8. The summed E-state index contributed by atoms with van der Waals surface area (Å²) in [6.45, 7) is 4.66. The Morgan fingerprint density at radius 2 is 1.68 bits per heavy atom. The number of aryl methyl sites for hydroxylation is 1. The number of anilines is 1. The molecule has 0 fully saturated rings. The van der Waals surface area contributed by atoms with Crippen molar-refractivity contribution in [2.24, 2.45) is 0 Å². The van der Waals surface area contributed by atoms with Gasteiger partial charge in [-0.3, -0.25) is 13.9 Å². The Morgan fingerprint density at radius 1 is 1.02 bits per heavy atom. The number of hydrogen-bond donors (Lipinski definition) is 1. The van der Waals surface area contributed by atoms with Crippen molar-refractivity contribution in [3.8, 4) is 0 Å². The minimum absolute atomic E-state index is 0.155. The van der Waals surface area contributed by atoms with E-state index >= 15 is 0 Å². The number of carbonyl (C=O) groups excluding carboxylic acids is 2. The second-order valence-electron chi connectivity index (χ2n) is 9.84. The van der Waals surface area contributed by atoms with Crippen LogP contribution in [0.1, 0.15) is 37.0 Å². The van der Waals surface area contributed by atoms with E-state index in [-0.39, 0.29) is 30.3 Å². The van der Waals surface area contributed by atoms with Crippen molar-refractivity contribution in [1.29, 1.82) is 0 Å². The number of rotatable bonds is 12. The highest BCUT2D eigenvalue weighted by Crippen LogP contribution is 2.26. The van der Waals surface area contributed by atoms with E-state index < -0.39 is 40.2 Å². The lowest BCUT2D eigenvalue weighted by molar-refractivity contribution is -0.140. The lowest BCUT2D eigenvalue weighted by Crippen LogP contribution is -2.54. The van der Waals surface area contributed by atoms with Gasteiger partial charge >= 0.3 is 0 Å². The molecule has 2 atom stereocenters. The molecule has 0 aliphatic carbocycles. The van der Waals surface area contributed by atoms with Crippen LogP contribution in [0.4, 0.5) is 10.1 Å². The van der Waals surface area contributed by atoms with Gasteiger partial charge < -0.3 is 10.2 Å². The van der Waals surface area contributed by atoms with Crippen LogP contribution in [0.15, 0.2) is 72.8 Å². The van der Waals surface area contributed by atoms with E-state index in [0.29, 0.717) is 17.0 Å². The van der Waals surface area contributed by atoms with Crippen LogP contribution in [-0.4, -0.2) is 50.0 Å². The lowest BCUT2D eigenvalue weighted by Gasteiger charge is -2.34. The zero-order valence-electron chi connectivity index (χ0n) is 23.1. The molecule has 0 spiro atoms. The number of hydrogen-bond acceptors (Lipinski definition) is 4. The number of benzene rings is 3. The third kappa shape index (κ3) is 8.29. The molecular formula is C30H35ClFN3O4S. The molecule has 0 heterocycles. The molecule has 1 N–H and O–H groups in total. The van der Waals surface area contributed by atoms with Crippen molar-refractivity contribution >= 4 is 39.1 Å². The molecule has 3 aromatic rings. The van der Waals surface area contributed by atoms with E-state index in [9.17, 15) is 22.4 Å². The fourth-order valence-corrected chi connectivity index (χ4v) is 5.43. The monoisotopic (exact) mass is 587 g/mol. The fourth-order valence-electron chi connectivity index (χ4n) is 4.30. The lowest BCUT2D eigenvalue weighted by atomic mass is 10.0. The van der Waals surface area contributed by atoms with E-state index in [1.807, 2.05) is 44.2 Å². The standard InChI is InChI=1S/C30H35ClFN3O4S/c1-5-22(3)33-30(37)28(18-23-11-7-6-8-12-23)34(19-24-13-9-10-14-26(24)32)29(36)20-35(40(4,38)39)27-16-15-25(31)17-21(27)2/h6-17,22,28H,5,18-20H2,1-4H3,(H,33,37)/t22-,28-/m1/s1. The Labute approximate surface area is 241 Å². The van der Waals surface area contributed by atoms with E-state index in [0.717, 1.165) is 16.1 Å². The van der Waals surface area contributed by atoms with Crippen molar-refractivity contribution in [3.63, 3.8) is 0 Å². The van der Waals surface area contributed by atoms with Crippen molar-refractivity contribution in [3.05, 3.63) is 100 Å². The minimum atomic E-state index is -3.92. The first-order valence-electron chi connectivity index (χ1n) is 13.0. The smallest absolute Gasteiger partial charge is 0.244 e. The number of halogens is 2. The summed E-state index contributed by atoms with van der Waals surface area (Å²) in [5.41, 5.74) is 1.85. The van der Waals surface area contributed by atoms with E-state index in [2.05, 4.69) is 5.32 Å². The molecule has 0 radical (unpaired) electrons. The largest absolute Gasteiger partial charge is 0.352 e. The van der Waals surface area contributed by atoms with Crippen LogP contribution in [0.5, 0.6) is 0 Å². The number of nitrogens with one attached hydrogen (secondary N) is 1. The summed E-state index contributed by atoms with van der Waals surface area (Å²) in [5, 5.41) is 3.37. The van der Waals surface area contributed by atoms with E-state index in [4.69, 9.17) is 11.6 Å². The summed E-state index contributed by atoms with van der Waals surface area (Å²) < 4.78 is 41.6. The molecule has 0 aromatic heterocycles. The van der Waals surface area contributed by atoms with Crippen LogP contribution in [0, 0.1) is 12.7 Å². The molecule has 10 heteroatoms. The number of sulfonamides is 1. The average Bonchev–Trinajstić information content (AvgIpc) is 2.90. The molecule has 40 heavy (non-hydrogen) atoms. The van der Waals surface area contributed by atoms with Crippen LogP contribution >= 0.6 is 11.6 Å². The molecule has 0 saturated carbocycles. The summed E-state index contributed by atoms with van der Waals surface area (Å²) in [7, 11) is -3.92. The topological polar surface area (TPSA) is 86.8 Å². The summed E-state index contributed by atoms with van der Waals surface area (Å²) >= 11 is 6.08. The van der Waals surface area contributed by atoms with Gasteiger partial charge in [0.25, 0.3) is 0 Å². The second kappa shape index (κ2) is 13.8. The molecule has 0 bridgehead atoms. The zero-order valence-corrected chi connectivity index (χ0v) is 24.7. The highest BCUT2D eigenvalue weighted by atomic mass is 35.5. The Kier molecular flexibility index (Phi) is 10.7. The van der Waals surface area contributed by atoms with Gasteiger partial charge in [-0.2, -0.15) is 0 Å². The maximum Gasteiger partial charge on any atom is 0.244 e. The van der Waals surface area contributed by atoms with Gasteiger partial charge in [-0.1, -0.05) is 67.1 Å². The molecule has 3 rings (SSSR count). The van der Waals surface area contributed by atoms with Crippen molar-refractivity contribution in [2.75, 3.05) is 17.1 Å². The van der Waals surface area contributed by atoms with Gasteiger partial charge in [-0.15, -0.1) is 0 Å². The van der Waals surface area contributed by atoms with Gasteiger partial charge in [0.2, 0.25) is 21.8 Å². The van der Waals surface area contributed by atoms with E-state index in [1.165, 1.54) is 23.1 Å². The Hall–Kier alpha value is -3.43. The number of carbonyl (C=O) groups is 2. The maximum absolute atomic E-state index is 14.8. The van der Waals surface area contributed by atoms with Crippen LogP contribution in [-0.2, 0) is 32.6 Å². The second-order valence-corrected chi connectivity index (χ2v) is 12.2. The molecule has 0 saturated heterocycles. The van der Waals surface area contributed by atoms with Gasteiger partial charge in [-0.25, -0.2) is 12.8 Å². The van der Waals surface area contributed by atoms with Gasteiger partial charge in [0.15, 0.2) is 0 Å². The maximum atomic E-state index is 14.8. The fraction of sp³-hybridized carbons (Fsp3) is 0.333. The third-order valence-corrected chi connectivity index (χ3v) is 8.04. The van der Waals surface area contributed by atoms with Gasteiger partial charge in [0, 0.05) is 29.6 Å². The predicted octanol–water partition coefficient (Wildman–Crippen LogP) is 5.11. The molecule has 0 aliphatic heterocycles. The minimum Gasteiger partial charge on any atom is -0.352 e. The number of nitrogens with zero attached hydrogens (tertiary/aromatic N) is 2.